The fourth-order valence-electron chi connectivity index (χ4n) is 5.41. The van der Waals surface area contributed by atoms with Gasteiger partial charge in [-0.15, -0.1) is 0 Å². The maximum Gasteiger partial charge on any atom is 0.0690 e. The number of rotatable bonds is 8. The third-order valence-corrected chi connectivity index (χ3v) is 7.71. The molecule has 6 atom stereocenters. The van der Waals surface area contributed by atoms with Gasteiger partial charge in [-0.25, -0.2) is 0 Å². The Hall–Kier alpha value is -1.00. The zero-order valence-corrected chi connectivity index (χ0v) is 21.0. The van der Waals surface area contributed by atoms with Crippen LogP contribution in [-0.4, -0.2) is 37.8 Å². The minimum absolute atomic E-state index is 0.371. The molecule has 6 unspecified atom stereocenters. The molecule has 3 heterocycles. The molecule has 0 aliphatic carbocycles. The van der Waals surface area contributed by atoms with Crippen LogP contribution in [-0.2, 0) is 0 Å². The number of hydrogen-bond acceptors (Lipinski definition) is 3. The maximum atomic E-state index is 3.74. The molecule has 0 spiro atoms. The van der Waals surface area contributed by atoms with E-state index in [9.17, 15) is 0 Å². The van der Waals surface area contributed by atoms with Crippen molar-refractivity contribution in [2.75, 3.05) is 19.6 Å². The van der Waals surface area contributed by atoms with Gasteiger partial charge < -0.3 is 16.0 Å². The van der Waals surface area contributed by atoms with Crippen molar-refractivity contribution < 1.29 is 0 Å². The van der Waals surface area contributed by atoms with E-state index in [0.29, 0.717) is 23.8 Å². The highest BCUT2D eigenvalue weighted by Crippen LogP contribution is 2.20. The Kier molecular flexibility index (Phi) is 12.0. The molecule has 3 aliphatic heterocycles. The Morgan fingerprint density at radius 2 is 1.00 bits per heavy atom. The molecule has 180 valence electrons. The highest BCUT2D eigenvalue weighted by Gasteiger charge is 2.22. The number of piperidine rings is 3. The lowest BCUT2D eigenvalue weighted by Crippen LogP contribution is -2.40. The van der Waals surface area contributed by atoms with Gasteiger partial charge in [0.25, 0.3) is 0 Å². The molecule has 0 radical (unpaired) electrons. The van der Waals surface area contributed by atoms with Crippen molar-refractivity contribution in [1.82, 2.24) is 16.0 Å². The van der Waals surface area contributed by atoms with Crippen molar-refractivity contribution in [1.29, 1.82) is 0 Å². The average Bonchev–Trinajstić information content (AvgIpc) is 2.84. The molecular formula is C29H49N3. The minimum atomic E-state index is 0.371. The smallest absolute Gasteiger partial charge is 0.0690 e. The van der Waals surface area contributed by atoms with E-state index in [0.717, 1.165) is 38.1 Å². The first kappa shape index (κ1) is 25.6. The van der Waals surface area contributed by atoms with Crippen LogP contribution in [0.25, 0.3) is 0 Å². The van der Waals surface area contributed by atoms with Crippen LogP contribution < -0.4 is 16.0 Å². The summed E-state index contributed by atoms with van der Waals surface area (Å²) in [5, 5.41) is 11.1. The summed E-state index contributed by atoms with van der Waals surface area (Å²) in [4.78, 5) is 0. The van der Waals surface area contributed by atoms with Gasteiger partial charge in [0.2, 0.25) is 0 Å². The van der Waals surface area contributed by atoms with Crippen molar-refractivity contribution in [2.24, 2.45) is 17.8 Å². The van der Waals surface area contributed by atoms with E-state index in [-0.39, 0.29) is 0 Å². The lowest BCUT2D eigenvalue weighted by molar-refractivity contribution is 0.333. The van der Waals surface area contributed by atoms with E-state index in [2.05, 4.69) is 53.5 Å². The van der Waals surface area contributed by atoms with E-state index in [4.69, 9.17) is 0 Å². The van der Waals surface area contributed by atoms with E-state index in [1.807, 2.05) is 0 Å². The first-order valence-electron chi connectivity index (χ1n) is 14.0. The van der Waals surface area contributed by atoms with Crippen LogP contribution in [0.1, 0.15) is 104 Å². The van der Waals surface area contributed by atoms with Gasteiger partial charge in [0.1, 0.15) is 0 Å². The fourth-order valence-corrected chi connectivity index (χ4v) is 5.41. The molecule has 32 heavy (non-hydrogen) atoms. The second-order valence-corrected chi connectivity index (χ2v) is 10.6. The fraction of sp³-hybridized carbons (Fsp3) is 0.862. The zero-order valence-electron chi connectivity index (χ0n) is 21.0. The quantitative estimate of drug-likeness (QED) is 0.357. The molecule has 3 heteroatoms. The van der Waals surface area contributed by atoms with E-state index in [1.165, 1.54) is 83.5 Å². The molecule has 3 aliphatic rings. The van der Waals surface area contributed by atoms with Crippen LogP contribution in [0.15, 0.2) is 0 Å². The summed E-state index contributed by atoms with van der Waals surface area (Å²) in [6, 6.07) is 1.84. The Labute approximate surface area is 199 Å². The van der Waals surface area contributed by atoms with Crippen molar-refractivity contribution in [3.63, 3.8) is 0 Å². The van der Waals surface area contributed by atoms with Crippen molar-refractivity contribution in [3.8, 4) is 23.7 Å². The summed E-state index contributed by atoms with van der Waals surface area (Å²) >= 11 is 0. The van der Waals surface area contributed by atoms with Crippen LogP contribution in [0.3, 0.4) is 0 Å². The normalized spacial score (nSPS) is 32.9. The lowest BCUT2D eigenvalue weighted by atomic mass is 9.90. The van der Waals surface area contributed by atoms with Gasteiger partial charge in [0.15, 0.2) is 0 Å². The minimum Gasteiger partial charge on any atom is -0.313 e. The summed E-state index contributed by atoms with van der Waals surface area (Å²) < 4.78 is 0. The molecule has 3 nitrogen and oxygen atoms in total. The van der Waals surface area contributed by atoms with Crippen LogP contribution >= 0.6 is 0 Å². The van der Waals surface area contributed by atoms with Gasteiger partial charge in [-0.05, 0) is 51.4 Å². The molecule has 0 aromatic rings. The van der Waals surface area contributed by atoms with Crippen LogP contribution in [0.2, 0.25) is 0 Å². The average molecular weight is 440 g/mol. The standard InChI is InChI=1S/C29H49N3/c1-3-5-7-9-27-17-13-24(21-30-27)11-12-25-15-19-29(32-22-25)20-16-26-14-18-28(31-23-26)10-8-6-4-2/h24-32H,3-10,13-15,17-19,21-23H2,1-2H3. The summed E-state index contributed by atoms with van der Waals surface area (Å²) in [6.45, 7) is 7.75. The monoisotopic (exact) mass is 439 g/mol. The van der Waals surface area contributed by atoms with Crippen molar-refractivity contribution in [2.45, 2.75) is 122 Å². The molecule has 0 saturated carbocycles. The molecule has 3 saturated heterocycles. The molecule has 0 bridgehead atoms. The molecule has 0 amide bonds. The largest absolute Gasteiger partial charge is 0.313 e. The van der Waals surface area contributed by atoms with E-state index >= 15 is 0 Å². The Morgan fingerprint density at radius 1 is 0.531 bits per heavy atom. The second-order valence-electron chi connectivity index (χ2n) is 10.6. The van der Waals surface area contributed by atoms with Gasteiger partial charge >= 0.3 is 0 Å². The lowest BCUT2D eigenvalue weighted by Gasteiger charge is -2.28. The summed E-state index contributed by atoms with van der Waals surface area (Å²) in [5.74, 6) is 15.9. The van der Waals surface area contributed by atoms with Gasteiger partial charge in [-0.3, -0.25) is 0 Å². The summed E-state index contributed by atoms with van der Waals surface area (Å²) in [6.07, 6.45) is 18.3. The van der Waals surface area contributed by atoms with Crippen LogP contribution in [0.4, 0.5) is 0 Å². The van der Waals surface area contributed by atoms with Crippen LogP contribution in [0.5, 0.6) is 0 Å². The first-order chi connectivity index (χ1) is 15.8. The third-order valence-electron chi connectivity index (χ3n) is 7.71. The molecule has 0 aromatic heterocycles. The van der Waals surface area contributed by atoms with Gasteiger partial charge in [0, 0.05) is 49.5 Å². The molecule has 3 N–H and O–H groups in total. The Bertz CT molecular complexity index is 556. The Balaban J connectivity index is 1.28. The van der Waals surface area contributed by atoms with Gasteiger partial charge in [-0.2, -0.15) is 0 Å². The number of unbranched alkanes of at least 4 members (excludes halogenated alkanes) is 4. The van der Waals surface area contributed by atoms with Crippen molar-refractivity contribution >= 4 is 0 Å². The SMILES string of the molecule is CCCCCC1CCC(C#CC2CCC(C#CC3CCC(CCCCC)NC3)NC2)CN1. The number of nitrogens with one attached hydrogen (secondary N) is 3. The third kappa shape index (κ3) is 9.47. The second kappa shape index (κ2) is 15.0. The van der Waals surface area contributed by atoms with Gasteiger partial charge in [0.05, 0.1) is 6.04 Å². The van der Waals surface area contributed by atoms with E-state index < -0.39 is 0 Å². The topological polar surface area (TPSA) is 36.1 Å². The summed E-state index contributed by atoms with van der Waals surface area (Å²) in [7, 11) is 0. The molecule has 0 aromatic carbocycles. The highest BCUT2D eigenvalue weighted by molar-refractivity contribution is 5.16. The zero-order chi connectivity index (χ0) is 22.4. The molecule has 3 rings (SSSR count). The van der Waals surface area contributed by atoms with Crippen LogP contribution in [0, 0.1) is 41.4 Å². The maximum absolute atomic E-state index is 3.74. The number of hydrogen-bond donors (Lipinski definition) is 3. The molecule has 3 fully saturated rings. The van der Waals surface area contributed by atoms with Gasteiger partial charge in [-0.1, -0.05) is 76.1 Å². The molecular weight excluding hydrogens is 390 g/mol. The predicted octanol–water partition coefficient (Wildman–Crippen LogP) is 5.26. The first-order valence-corrected chi connectivity index (χ1v) is 14.0. The Morgan fingerprint density at radius 3 is 1.41 bits per heavy atom. The highest BCUT2D eigenvalue weighted by atomic mass is 14.9. The predicted molar refractivity (Wildman–Crippen MR) is 137 cm³/mol. The van der Waals surface area contributed by atoms with Crippen molar-refractivity contribution in [3.05, 3.63) is 0 Å². The van der Waals surface area contributed by atoms with E-state index in [1.54, 1.807) is 0 Å². The summed E-state index contributed by atoms with van der Waals surface area (Å²) in [5.41, 5.74) is 0.